The first kappa shape index (κ1) is 11.4. The van der Waals surface area contributed by atoms with E-state index >= 15 is 0 Å². The molecule has 3 N–H and O–H groups in total. The van der Waals surface area contributed by atoms with Crippen molar-refractivity contribution in [3.63, 3.8) is 0 Å². The van der Waals surface area contributed by atoms with Gasteiger partial charge in [0, 0.05) is 32.6 Å². The Morgan fingerprint density at radius 3 is 2.57 bits per heavy atom. The molecule has 1 saturated heterocycles. The van der Waals surface area contributed by atoms with Crippen LogP contribution in [0.1, 0.15) is 12.8 Å². The third-order valence-corrected chi connectivity index (χ3v) is 2.64. The fourth-order valence-corrected chi connectivity index (χ4v) is 1.61. The summed E-state index contributed by atoms with van der Waals surface area (Å²) in [7, 11) is 2.14. The van der Waals surface area contributed by atoms with Crippen LogP contribution in [0.5, 0.6) is 0 Å². The number of carbonyl (C=O) groups excluding carboxylic acids is 1. The van der Waals surface area contributed by atoms with Gasteiger partial charge in [-0.25, -0.2) is 5.84 Å². The highest BCUT2D eigenvalue weighted by Gasteiger charge is 2.13. The molecule has 82 valence electrons. The molecule has 0 saturated carbocycles. The van der Waals surface area contributed by atoms with E-state index in [0.29, 0.717) is 6.42 Å². The summed E-state index contributed by atoms with van der Waals surface area (Å²) in [6.07, 6.45) is 1.43. The van der Waals surface area contributed by atoms with Crippen LogP contribution in [0.4, 0.5) is 0 Å². The number of hydrogen-bond donors (Lipinski definition) is 2. The number of nitrogens with one attached hydrogen (secondary N) is 1. The predicted octanol–water partition coefficient (Wildman–Crippen LogP) is -0.996. The average molecular weight is 200 g/mol. The average Bonchev–Trinajstić information content (AvgIpc) is 2.21. The topological polar surface area (TPSA) is 61.6 Å². The largest absolute Gasteiger partial charge is 0.304 e. The van der Waals surface area contributed by atoms with E-state index in [9.17, 15) is 4.79 Å². The molecule has 0 spiro atoms. The number of nitrogens with zero attached hydrogens (tertiary/aromatic N) is 2. The van der Waals surface area contributed by atoms with Crippen LogP contribution < -0.4 is 11.3 Å². The molecule has 14 heavy (non-hydrogen) atoms. The first-order chi connectivity index (χ1) is 6.72. The van der Waals surface area contributed by atoms with Gasteiger partial charge in [0.1, 0.15) is 0 Å². The molecule has 1 amide bonds. The van der Waals surface area contributed by atoms with Gasteiger partial charge in [0.05, 0.1) is 0 Å². The fourth-order valence-electron chi connectivity index (χ4n) is 1.61. The molecule has 1 fully saturated rings. The second kappa shape index (κ2) is 5.95. The van der Waals surface area contributed by atoms with Crippen molar-refractivity contribution >= 4 is 5.91 Å². The van der Waals surface area contributed by atoms with Gasteiger partial charge in [-0.3, -0.25) is 10.2 Å². The smallest absolute Gasteiger partial charge is 0.233 e. The molecule has 0 aromatic heterocycles. The van der Waals surface area contributed by atoms with E-state index < -0.39 is 0 Å². The Bertz CT molecular complexity index is 178. The molecular weight excluding hydrogens is 180 g/mol. The number of nitrogens with two attached hydrogens (primary N) is 1. The summed E-state index contributed by atoms with van der Waals surface area (Å²) in [5.41, 5.74) is 2.14. The molecule has 0 radical (unpaired) electrons. The maximum Gasteiger partial charge on any atom is 0.233 e. The number of piperazine rings is 1. The Morgan fingerprint density at radius 2 is 2.00 bits per heavy atom. The summed E-state index contributed by atoms with van der Waals surface area (Å²) in [4.78, 5) is 15.6. The van der Waals surface area contributed by atoms with Gasteiger partial charge >= 0.3 is 0 Å². The SMILES string of the molecule is CN1CCN(CCCC(=O)NN)CC1. The van der Waals surface area contributed by atoms with E-state index in [1.54, 1.807) is 0 Å². The third-order valence-electron chi connectivity index (χ3n) is 2.64. The minimum Gasteiger partial charge on any atom is -0.304 e. The maximum absolute atomic E-state index is 10.8. The molecule has 0 aromatic rings. The Hall–Kier alpha value is -0.650. The maximum atomic E-state index is 10.8. The van der Waals surface area contributed by atoms with Crippen molar-refractivity contribution < 1.29 is 4.79 Å². The van der Waals surface area contributed by atoms with Gasteiger partial charge in [-0.05, 0) is 20.0 Å². The number of likely N-dealkylation sites (N-methyl/N-ethyl adjacent to an activating group) is 1. The highest BCUT2D eigenvalue weighted by atomic mass is 16.2. The molecule has 1 rings (SSSR count). The van der Waals surface area contributed by atoms with E-state index in [0.717, 1.165) is 39.1 Å². The Labute approximate surface area is 85.2 Å². The minimum absolute atomic E-state index is 0.0703. The first-order valence-corrected chi connectivity index (χ1v) is 5.12. The lowest BCUT2D eigenvalue weighted by atomic mass is 10.2. The molecule has 1 aliphatic rings. The van der Waals surface area contributed by atoms with Gasteiger partial charge < -0.3 is 9.80 Å². The third kappa shape index (κ3) is 4.04. The summed E-state index contributed by atoms with van der Waals surface area (Å²) in [6.45, 7) is 5.48. The van der Waals surface area contributed by atoms with E-state index in [2.05, 4.69) is 22.3 Å². The van der Waals surface area contributed by atoms with Crippen LogP contribution in [0.15, 0.2) is 0 Å². The summed E-state index contributed by atoms with van der Waals surface area (Å²) in [6, 6.07) is 0. The number of hydrazine groups is 1. The normalized spacial score (nSPS) is 19.6. The van der Waals surface area contributed by atoms with Gasteiger partial charge in [-0.15, -0.1) is 0 Å². The monoisotopic (exact) mass is 200 g/mol. The standard InChI is InChI=1S/C9H20N4O/c1-12-5-7-13(8-6-12)4-2-3-9(14)11-10/h2-8,10H2,1H3,(H,11,14). The molecule has 0 atom stereocenters. The number of hydrogen-bond acceptors (Lipinski definition) is 4. The van der Waals surface area contributed by atoms with Crippen molar-refractivity contribution in [3.8, 4) is 0 Å². The van der Waals surface area contributed by atoms with Gasteiger partial charge in [0.25, 0.3) is 0 Å². The number of amides is 1. The molecule has 0 aliphatic carbocycles. The predicted molar refractivity (Wildman–Crippen MR) is 55.5 cm³/mol. The second-order valence-electron chi connectivity index (χ2n) is 3.82. The highest BCUT2D eigenvalue weighted by molar-refractivity contribution is 5.75. The molecule has 5 heteroatoms. The summed E-state index contributed by atoms with van der Waals surface area (Å²) in [5, 5.41) is 0. The second-order valence-corrected chi connectivity index (χ2v) is 3.82. The lowest BCUT2D eigenvalue weighted by molar-refractivity contribution is -0.121. The number of carbonyl (C=O) groups is 1. The van der Waals surface area contributed by atoms with Crippen molar-refractivity contribution in [1.29, 1.82) is 0 Å². The summed E-state index contributed by atoms with van der Waals surface area (Å²) in [5.74, 6) is 4.92. The fraction of sp³-hybridized carbons (Fsp3) is 0.889. The van der Waals surface area contributed by atoms with Crippen molar-refractivity contribution in [3.05, 3.63) is 0 Å². The zero-order valence-corrected chi connectivity index (χ0v) is 8.83. The van der Waals surface area contributed by atoms with Crippen LogP contribution in [0.3, 0.4) is 0 Å². The molecule has 0 bridgehead atoms. The summed E-state index contributed by atoms with van der Waals surface area (Å²) >= 11 is 0. The van der Waals surface area contributed by atoms with E-state index in [1.807, 2.05) is 0 Å². The molecule has 0 aromatic carbocycles. The van der Waals surface area contributed by atoms with Crippen LogP contribution in [-0.2, 0) is 4.79 Å². The van der Waals surface area contributed by atoms with Crippen LogP contribution in [0.25, 0.3) is 0 Å². The van der Waals surface area contributed by atoms with Gasteiger partial charge in [0.15, 0.2) is 0 Å². The Kier molecular flexibility index (Phi) is 4.86. The summed E-state index contributed by atoms with van der Waals surface area (Å²) < 4.78 is 0. The zero-order valence-electron chi connectivity index (χ0n) is 8.83. The van der Waals surface area contributed by atoms with Crippen molar-refractivity contribution in [2.75, 3.05) is 39.8 Å². The zero-order chi connectivity index (χ0) is 10.4. The Morgan fingerprint density at radius 1 is 1.36 bits per heavy atom. The molecular formula is C9H20N4O. The molecule has 5 nitrogen and oxygen atoms in total. The van der Waals surface area contributed by atoms with Gasteiger partial charge in [-0.2, -0.15) is 0 Å². The van der Waals surface area contributed by atoms with Crippen molar-refractivity contribution in [2.45, 2.75) is 12.8 Å². The van der Waals surface area contributed by atoms with Crippen LogP contribution in [0.2, 0.25) is 0 Å². The molecule has 1 aliphatic heterocycles. The Balaban J connectivity index is 2.04. The van der Waals surface area contributed by atoms with Crippen molar-refractivity contribution in [2.24, 2.45) is 5.84 Å². The van der Waals surface area contributed by atoms with E-state index in [4.69, 9.17) is 5.84 Å². The van der Waals surface area contributed by atoms with Crippen LogP contribution in [-0.4, -0.2) is 55.5 Å². The highest BCUT2D eigenvalue weighted by Crippen LogP contribution is 2.01. The van der Waals surface area contributed by atoms with Crippen LogP contribution in [0, 0.1) is 0 Å². The molecule has 0 unspecified atom stereocenters. The number of rotatable bonds is 4. The lowest BCUT2D eigenvalue weighted by Crippen LogP contribution is -2.44. The lowest BCUT2D eigenvalue weighted by Gasteiger charge is -2.32. The minimum atomic E-state index is -0.0703. The van der Waals surface area contributed by atoms with E-state index in [-0.39, 0.29) is 5.91 Å². The van der Waals surface area contributed by atoms with Crippen molar-refractivity contribution in [1.82, 2.24) is 15.2 Å². The van der Waals surface area contributed by atoms with Crippen LogP contribution >= 0.6 is 0 Å². The van der Waals surface area contributed by atoms with E-state index in [1.165, 1.54) is 0 Å². The van der Waals surface area contributed by atoms with Gasteiger partial charge in [0.2, 0.25) is 5.91 Å². The molecule has 1 heterocycles. The first-order valence-electron chi connectivity index (χ1n) is 5.12. The van der Waals surface area contributed by atoms with Gasteiger partial charge in [-0.1, -0.05) is 0 Å². The quantitative estimate of drug-likeness (QED) is 0.347.